The highest BCUT2D eigenvalue weighted by molar-refractivity contribution is 5.94. The Morgan fingerprint density at radius 1 is 0.970 bits per heavy atom. The Bertz CT molecular complexity index is 962. The van der Waals surface area contributed by atoms with E-state index in [1.165, 1.54) is 10.5 Å². The lowest BCUT2D eigenvalue weighted by Crippen LogP contribution is -2.37. The number of aliphatic hydroxyl groups excluding tert-OH is 2. The van der Waals surface area contributed by atoms with Crippen LogP contribution in [0.15, 0.2) is 48.5 Å². The van der Waals surface area contributed by atoms with Crippen molar-refractivity contribution < 1.29 is 24.5 Å². The average Bonchev–Trinajstić information content (AvgIpc) is 3.20. The van der Waals surface area contributed by atoms with Crippen molar-refractivity contribution in [2.45, 2.75) is 37.5 Å². The van der Waals surface area contributed by atoms with Crippen molar-refractivity contribution >= 4 is 11.8 Å². The van der Waals surface area contributed by atoms with Crippen molar-refractivity contribution in [1.82, 2.24) is 9.80 Å². The van der Waals surface area contributed by atoms with E-state index in [2.05, 4.69) is 12.1 Å². The van der Waals surface area contributed by atoms with Crippen LogP contribution in [0.3, 0.4) is 0 Å². The maximum absolute atomic E-state index is 12.9. The Morgan fingerprint density at radius 3 is 2.27 bits per heavy atom. The molecule has 2 heterocycles. The molecule has 0 aliphatic carbocycles. The second-order valence-corrected chi connectivity index (χ2v) is 8.76. The summed E-state index contributed by atoms with van der Waals surface area (Å²) in [4.78, 5) is 28.3. The third kappa shape index (κ3) is 5.52. The van der Waals surface area contributed by atoms with Crippen LogP contribution in [0.1, 0.15) is 40.2 Å². The van der Waals surface area contributed by atoms with E-state index in [0.29, 0.717) is 36.9 Å². The third-order valence-electron chi connectivity index (χ3n) is 6.52. The smallest absolute Gasteiger partial charge is 0.260 e. The number of piperidine rings is 1. The zero-order valence-electron chi connectivity index (χ0n) is 18.6. The molecular formula is C25H31N3O5. The van der Waals surface area contributed by atoms with Gasteiger partial charge in [0.1, 0.15) is 5.75 Å². The van der Waals surface area contributed by atoms with Gasteiger partial charge in [-0.05, 0) is 54.2 Å². The first-order valence-corrected chi connectivity index (χ1v) is 11.4. The van der Waals surface area contributed by atoms with Gasteiger partial charge in [-0.3, -0.25) is 9.59 Å². The number of aliphatic hydroxyl groups is 2. The number of nitrogens with zero attached hydrogens (tertiary/aromatic N) is 2. The van der Waals surface area contributed by atoms with Gasteiger partial charge in [0.2, 0.25) is 0 Å². The highest BCUT2D eigenvalue weighted by Gasteiger charge is 2.32. The lowest BCUT2D eigenvalue weighted by Gasteiger charge is -2.32. The zero-order valence-corrected chi connectivity index (χ0v) is 18.6. The number of benzene rings is 2. The van der Waals surface area contributed by atoms with Gasteiger partial charge in [0.25, 0.3) is 11.8 Å². The summed E-state index contributed by atoms with van der Waals surface area (Å²) >= 11 is 0. The first-order valence-electron chi connectivity index (χ1n) is 11.4. The number of carbonyl (C=O) groups is 2. The largest absolute Gasteiger partial charge is 0.484 e. The predicted octanol–water partition coefficient (Wildman–Crippen LogP) is 1.11. The maximum Gasteiger partial charge on any atom is 0.260 e. The van der Waals surface area contributed by atoms with Gasteiger partial charge in [-0.1, -0.05) is 24.3 Å². The molecule has 2 fully saturated rings. The van der Waals surface area contributed by atoms with Crippen molar-refractivity contribution in [3.63, 3.8) is 0 Å². The molecular weight excluding hydrogens is 422 g/mol. The Balaban J connectivity index is 1.27. The molecule has 176 valence electrons. The summed E-state index contributed by atoms with van der Waals surface area (Å²) in [5, 5.41) is 19.1. The van der Waals surface area contributed by atoms with E-state index in [0.717, 1.165) is 18.4 Å². The number of hydrogen-bond acceptors (Lipinski definition) is 6. The fourth-order valence-electron chi connectivity index (χ4n) is 4.48. The number of carbonyl (C=O) groups excluding carboxylic acids is 2. The van der Waals surface area contributed by atoms with Crippen molar-refractivity contribution in [2.75, 3.05) is 32.8 Å². The lowest BCUT2D eigenvalue weighted by molar-refractivity contribution is -0.132. The van der Waals surface area contributed by atoms with Crippen LogP contribution in [0.2, 0.25) is 0 Å². The fourth-order valence-corrected chi connectivity index (χ4v) is 4.48. The van der Waals surface area contributed by atoms with E-state index in [1.54, 1.807) is 24.3 Å². The molecule has 2 aliphatic rings. The average molecular weight is 454 g/mol. The molecule has 0 saturated carbocycles. The van der Waals surface area contributed by atoms with Gasteiger partial charge in [0, 0.05) is 38.3 Å². The molecule has 0 radical (unpaired) electrons. The summed E-state index contributed by atoms with van der Waals surface area (Å²) in [6.45, 7) is 1.96. The van der Waals surface area contributed by atoms with E-state index in [9.17, 15) is 19.8 Å². The lowest BCUT2D eigenvalue weighted by atomic mass is 9.88. The van der Waals surface area contributed by atoms with Crippen LogP contribution in [-0.2, 0) is 11.3 Å². The number of rotatable bonds is 6. The summed E-state index contributed by atoms with van der Waals surface area (Å²) in [5.74, 6) is 0.614. The molecule has 2 aromatic rings. The Labute approximate surface area is 193 Å². The quantitative estimate of drug-likeness (QED) is 0.603. The monoisotopic (exact) mass is 453 g/mol. The normalized spacial score (nSPS) is 21.3. The van der Waals surface area contributed by atoms with Crippen molar-refractivity contribution in [1.29, 1.82) is 0 Å². The maximum atomic E-state index is 12.9. The molecule has 0 spiro atoms. The SMILES string of the molecule is NCc1cccc(C2CCN(C(=O)c3ccc(OCC(=O)N4CC(O)C(O)C4)cc3)CC2)c1. The van der Waals surface area contributed by atoms with Gasteiger partial charge in [-0.2, -0.15) is 0 Å². The van der Waals surface area contributed by atoms with Crippen LogP contribution in [0, 0.1) is 0 Å². The van der Waals surface area contributed by atoms with Crippen LogP contribution >= 0.6 is 0 Å². The Kier molecular flexibility index (Phi) is 7.27. The molecule has 2 amide bonds. The van der Waals surface area contributed by atoms with E-state index >= 15 is 0 Å². The standard InChI is InChI=1S/C25H31N3O5/c26-13-17-2-1-3-20(12-17)18-8-10-27(11-9-18)25(32)19-4-6-21(7-5-19)33-16-24(31)28-14-22(29)23(30)15-28/h1-7,12,18,22-23,29-30H,8-11,13-16,26H2. The van der Waals surface area contributed by atoms with Gasteiger partial charge in [0.15, 0.2) is 6.61 Å². The second-order valence-electron chi connectivity index (χ2n) is 8.76. The van der Waals surface area contributed by atoms with E-state index in [1.807, 2.05) is 17.0 Å². The van der Waals surface area contributed by atoms with Gasteiger partial charge < -0.3 is 30.5 Å². The third-order valence-corrected chi connectivity index (χ3v) is 6.52. The number of hydrogen-bond donors (Lipinski definition) is 3. The van der Waals surface area contributed by atoms with Crippen LogP contribution in [0.4, 0.5) is 0 Å². The molecule has 4 rings (SSSR count). The molecule has 2 saturated heterocycles. The molecule has 2 atom stereocenters. The summed E-state index contributed by atoms with van der Waals surface area (Å²) in [5.41, 5.74) is 8.77. The predicted molar refractivity (Wildman–Crippen MR) is 123 cm³/mol. The molecule has 8 nitrogen and oxygen atoms in total. The zero-order chi connectivity index (χ0) is 23.4. The molecule has 0 aromatic heterocycles. The molecule has 8 heteroatoms. The number of amides is 2. The van der Waals surface area contributed by atoms with Crippen molar-refractivity contribution in [2.24, 2.45) is 5.73 Å². The first-order chi connectivity index (χ1) is 15.9. The molecule has 2 aromatic carbocycles. The van der Waals surface area contributed by atoms with Gasteiger partial charge >= 0.3 is 0 Å². The van der Waals surface area contributed by atoms with Crippen LogP contribution < -0.4 is 10.5 Å². The molecule has 0 bridgehead atoms. The highest BCUT2D eigenvalue weighted by Crippen LogP contribution is 2.29. The molecule has 2 aliphatic heterocycles. The minimum absolute atomic E-state index is 0.00757. The molecule has 4 N–H and O–H groups in total. The summed E-state index contributed by atoms with van der Waals surface area (Å²) in [6, 6.07) is 15.2. The Hall–Kier alpha value is -2.94. The number of nitrogens with two attached hydrogens (primary N) is 1. The van der Waals surface area contributed by atoms with Crippen LogP contribution in [0.5, 0.6) is 5.75 Å². The number of likely N-dealkylation sites (tertiary alicyclic amines) is 2. The van der Waals surface area contributed by atoms with Crippen LogP contribution in [-0.4, -0.2) is 76.8 Å². The summed E-state index contributed by atoms with van der Waals surface area (Å²) in [6.07, 6.45) is 0.00666. The Morgan fingerprint density at radius 2 is 1.64 bits per heavy atom. The van der Waals surface area contributed by atoms with Gasteiger partial charge in [-0.15, -0.1) is 0 Å². The number of ether oxygens (including phenoxy) is 1. The first kappa shape index (κ1) is 23.2. The molecule has 2 unspecified atom stereocenters. The minimum Gasteiger partial charge on any atom is -0.484 e. The number of β-amino-alcohol motifs (C(OH)–C–C–N with tert-alkyl or cyclic N) is 2. The van der Waals surface area contributed by atoms with E-state index in [-0.39, 0.29) is 31.5 Å². The van der Waals surface area contributed by atoms with Crippen LogP contribution in [0.25, 0.3) is 0 Å². The fraction of sp³-hybridized carbons (Fsp3) is 0.440. The van der Waals surface area contributed by atoms with Gasteiger partial charge in [-0.25, -0.2) is 0 Å². The second kappa shape index (κ2) is 10.3. The van der Waals surface area contributed by atoms with Crippen molar-refractivity contribution in [3.8, 4) is 5.75 Å². The van der Waals surface area contributed by atoms with Gasteiger partial charge in [0.05, 0.1) is 12.2 Å². The van der Waals surface area contributed by atoms with Crippen molar-refractivity contribution in [3.05, 3.63) is 65.2 Å². The minimum atomic E-state index is -0.916. The molecule has 33 heavy (non-hydrogen) atoms. The highest BCUT2D eigenvalue weighted by atomic mass is 16.5. The summed E-state index contributed by atoms with van der Waals surface area (Å²) < 4.78 is 5.52. The van der Waals surface area contributed by atoms with E-state index < -0.39 is 12.2 Å². The van der Waals surface area contributed by atoms with E-state index in [4.69, 9.17) is 10.5 Å². The topological polar surface area (TPSA) is 116 Å². The summed E-state index contributed by atoms with van der Waals surface area (Å²) in [7, 11) is 0.